The molecule has 0 radical (unpaired) electrons. The van der Waals surface area contributed by atoms with Gasteiger partial charge < -0.3 is 25.5 Å². The lowest BCUT2D eigenvalue weighted by atomic mass is 9.44. The molecule has 15 nitrogen and oxygen atoms in total. The number of likely N-dealkylation sites (tertiary alicyclic amines) is 1. The molecule has 1 amide bonds. The number of nitrogens with one attached hydrogen (secondary N) is 1. The van der Waals surface area contributed by atoms with Crippen molar-refractivity contribution in [1.82, 2.24) is 40.2 Å². The highest BCUT2D eigenvalue weighted by atomic mass is 35.5. The number of carbonyl (C=O) groups is 4. The van der Waals surface area contributed by atoms with Crippen LogP contribution in [-0.2, 0) is 22.7 Å². The first-order chi connectivity index (χ1) is 33.6. The number of hydrogen-bond donors (Lipinski definition) is 4. The summed E-state index contributed by atoms with van der Waals surface area (Å²) < 4.78 is 0. The van der Waals surface area contributed by atoms with E-state index in [1.165, 1.54) is 80.0 Å². The molecule has 2 aromatic rings. The Labute approximate surface area is 448 Å². The molecule has 0 spiro atoms. The third kappa shape index (κ3) is 10.6. The first-order valence-electron chi connectivity index (χ1n) is 28.2. The number of carbonyl (C=O) groups excluding carboxylic acids is 3. The Balaban J connectivity index is 0.000000194. The van der Waals surface area contributed by atoms with E-state index in [4.69, 9.17) is 5.11 Å². The van der Waals surface area contributed by atoms with Crippen LogP contribution in [0.3, 0.4) is 0 Å². The number of ketones is 2. The summed E-state index contributed by atoms with van der Waals surface area (Å²) >= 11 is 0. The van der Waals surface area contributed by atoms with Gasteiger partial charge in [0.25, 0.3) is 5.91 Å². The minimum atomic E-state index is -1.12. The van der Waals surface area contributed by atoms with Crippen molar-refractivity contribution in [2.45, 2.75) is 209 Å². The number of Topliss-reactive ketones (excluding diaryl/α,β-unsaturated/α-hetero) is 2. The predicted octanol–water partition coefficient (Wildman–Crippen LogP) is 9.73. The van der Waals surface area contributed by atoms with Gasteiger partial charge in [0.2, 0.25) is 0 Å². The Morgan fingerprint density at radius 3 is 1.35 bits per heavy atom. The Hall–Kier alpha value is -3.27. The van der Waals surface area contributed by atoms with Crippen molar-refractivity contribution in [3.8, 4) is 0 Å². The van der Waals surface area contributed by atoms with E-state index in [1.54, 1.807) is 4.90 Å². The van der Waals surface area contributed by atoms with Gasteiger partial charge in [-0.1, -0.05) is 42.5 Å². The molecule has 74 heavy (non-hydrogen) atoms. The van der Waals surface area contributed by atoms with Crippen molar-refractivity contribution in [2.75, 3.05) is 26.2 Å². The van der Waals surface area contributed by atoms with Crippen LogP contribution in [-0.4, -0.2) is 111 Å². The fraction of sp³-hybridized carbons (Fsp3) is 0.862. The lowest BCUT2D eigenvalue weighted by Crippen LogP contribution is -2.55. The van der Waals surface area contributed by atoms with E-state index in [9.17, 15) is 29.4 Å². The molecular weight excluding hydrogens is 956 g/mol. The van der Waals surface area contributed by atoms with Crippen molar-refractivity contribution in [1.29, 1.82) is 0 Å². The summed E-state index contributed by atoms with van der Waals surface area (Å²) in [5, 5.41) is 50.2. The number of halogens is 1. The highest BCUT2D eigenvalue weighted by Gasteiger charge is 2.63. The third-order valence-corrected chi connectivity index (χ3v) is 22.6. The van der Waals surface area contributed by atoms with Crippen LogP contribution in [0, 0.1) is 80.8 Å². The largest absolute Gasteiger partial charge is 0.476 e. The summed E-state index contributed by atoms with van der Waals surface area (Å²) in [7, 11) is 0. The molecule has 8 saturated carbocycles. The molecule has 16 heteroatoms. The number of aromatic nitrogens is 6. The predicted molar refractivity (Wildman–Crippen MR) is 287 cm³/mol. The van der Waals surface area contributed by atoms with Gasteiger partial charge in [-0.15, -0.1) is 22.6 Å². The molecule has 0 bridgehead atoms. The van der Waals surface area contributed by atoms with Gasteiger partial charge in [0.1, 0.15) is 13.1 Å². The molecule has 10 aliphatic rings. The molecule has 2 aromatic heterocycles. The molecule has 4 heterocycles. The van der Waals surface area contributed by atoms with Crippen molar-refractivity contribution < 1.29 is 34.5 Å². The molecule has 4 N–H and O–H groups in total. The molecule has 2 saturated heterocycles. The molecule has 16 atom stereocenters. The van der Waals surface area contributed by atoms with Gasteiger partial charge in [-0.05, 0) is 224 Å². The van der Waals surface area contributed by atoms with Crippen LogP contribution in [0.2, 0.25) is 0 Å². The average molecular weight is 1050 g/mol. The number of carboxylic acid groups (broad SMARTS) is 1. The van der Waals surface area contributed by atoms with E-state index >= 15 is 0 Å². The molecular formula is C58H95ClN8O7. The molecule has 416 valence electrons. The zero-order valence-electron chi connectivity index (χ0n) is 44.3. The van der Waals surface area contributed by atoms with E-state index in [0.29, 0.717) is 57.9 Å². The van der Waals surface area contributed by atoms with Crippen molar-refractivity contribution >= 4 is 35.9 Å². The van der Waals surface area contributed by atoms with Gasteiger partial charge in [-0.2, -0.15) is 19.8 Å². The normalized spacial score (nSPS) is 42.1. The van der Waals surface area contributed by atoms with E-state index in [2.05, 4.69) is 53.4 Å². The van der Waals surface area contributed by atoms with Crippen molar-refractivity contribution in [3.63, 3.8) is 0 Å². The van der Waals surface area contributed by atoms with Gasteiger partial charge in [0, 0.05) is 24.9 Å². The summed E-state index contributed by atoms with van der Waals surface area (Å²) in [5.41, 5.74) is -0.0315. The van der Waals surface area contributed by atoms with E-state index in [-0.39, 0.29) is 86.2 Å². The molecule has 10 fully saturated rings. The fourth-order valence-corrected chi connectivity index (χ4v) is 18.2. The lowest BCUT2D eigenvalue weighted by Gasteiger charge is -2.61. The lowest BCUT2D eigenvalue weighted by molar-refractivity contribution is -0.151. The Kier molecular flexibility index (Phi) is 17.3. The maximum Gasteiger partial charge on any atom is 0.358 e. The van der Waals surface area contributed by atoms with Gasteiger partial charge in [0.05, 0.1) is 23.6 Å². The summed E-state index contributed by atoms with van der Waals surface area (Å²) in [6.07, 6.45) is 24.8. The zero-order valence-corrected chi connectivity index (χ0v) is 45.1. The number of amides is 1. The number of nitrogens with zero attached hydrogens (tertiary/aromatic N) is 7. The van der Waals surface area contributed by atoms with E-state index < -0.39 is 17.2 Å². The standard InChI is InChI=1S/C28H42N4O3.C25H37N3O4.C3H7N.2CH4.ClH/c1-26(35)11-12-27(2)18(15-26)5-6-19-20-7-8-22(28(20,3)10-9-21(19)27)24(33)17-32-29-16-23(30-32)25(34)31-13-4-14-31;1-23(32)10-11-24(2)15(12-23)4-5-16-17-6-7-19(25(17,3)9-8-18(16)24)21(29)14-28-26-13-20(27-28)22(30)31;1-2-4-3-1;;;/h16,18-22,35H,4-15,17H2,1-3H3;13,15-19,32H,4-12,14H2,1-3H3,(H,30,31);4H,1-3H2;2*1H4;1H/t18-,19+,20+,21+,22-,26-,27+,28+;15-,16+,17+,18+,19-,23-,24+,25+;;;;/m11..../s1. The maximum atomic E-state index is 13.6. The highest BCUT2D eigenvalue weighted by Crippen LogP contribution is 2.70. The molecule has 8 aliphatic carbocycles. The minimum Gasteiger partial charge on any atom is -0.476 e. The van der Waals surface area contributed by atoms with E-state index in [1.807, 2.05) is 13.8 Å². The summed E-state index contributed by atoms with van der Waals surface area (Å²) in [5.74, 6) is 4.52. The van der Waals surface area contributed by atoms with E-state index in [0.717, 1.165) is 102 Å². The highest BCUT2D eigenvalue weighted by molar-refractivity contribution is 5.92. The first kappa shape index (κ1) is 58.4. The summed E-state index contributed by atoms with van der Waals surface area (Å²) in [6.45, 7) is 18.1. The van der Waals surface area contributed by atoms with Crippen LogP contribution in [0.25, 0.3) is 0 Å². The van der Waals surface area contributed by atoms with Crippen LogP contribution in [0.15, 0.2) is 12.4 Å². The SMILES string of the molecule is C.C.C1CNC1.C[C@@]1(O)CC[C@@]2(C)[C@H](CC[C@@H]3[C@@H]2CC[C@]2(C)[C@@H](C(=O)Cn4ncc(C(=O)N5CCC5)n4)CC[C@@H]32)C1.C[C@@]1(O)CC[C@@]2(C)[C@H](CC[C@@H]3[C@@H]2CC[C@]2(C)[C@@H](C(=O)Cn4ncc(C(=O)O)n4)CC[C@@H]32)C1.Cl. The first-order valence-corrected chi connectivity index (χ1v) is 28.2. The molecule has 0 unspecified atom stereocenters. The second-order valence-corrected chi connectivity index (χ2v) is 26.6. The molecule has 12 rings (SSSR count). The van der Waals surface area contributed by atoms with Crippen molar-refractivity contribution in [3.05, 3.63) is 23.8 Å². The number of fused-ring (bicyclic) bond motifs is 10. The Morgan fingerprint density at radius 1 is 0.568 bits per heavy atom. The number of rotatable bonds is 8. The van der Waals surface area contributed by atoms with Crippen LogP contribution in [0.1, 0.15) is 206 Å². The second kappa shape index (κ2) is 21.9. The average Bonchev–Trinajstić information content (AvgIpc) is 4.08. The number of carboxylic acids is 1. The quantitative estimate of drug-likeness (QED) is 0.195. The Morgan fingerprint density at radius 2 is 0.973 bits per heavy atom. The van der Waals surface area contributed by atoms with Gasteiger partial charge in [-0.3, -0.25) is 14.4 Å². The van der Waals surface area contributed by atoms with Crippen LogP contribution in [0.4, 0.5) is 0 Å². The monoisotopic (exact) mass is 1050 g/mol. The number of hydrogen-bond acceptors (Lipinski definition) is 11. The zero-order chi connectivity index (χ0) is 50.3. The Bertz CT molecular complexity index is 2320. The third-order valence-electron chi connectivity index (χ3n) is 22.6. The van der Waals surface area contributed by atoms with Crippen LogP contribution < -0.4 is 5.32 Å². The summed E-state index contributed by atoms with van der Waals surface area (Å²) in [4.78, 5) is 54.8. The second-order valence-electron chi connectivity index (χ2n) is 26.6. The van der Waals surface area contributed by atoms with Gasteiger partial charge >= 0.3 is 5.97 Å². The number of aromatic carboxylic acids is 1. The van der Waals surface area contributed by atoms with Gasteiger partial charge in [-0.25, -0.2) is 4.79 Å². The fourth-order valence-electron chi connectivity index (χ4n) is 18.2. The number of aliphatic hydroxyl groups is 2. The smallest absolute Gasteiger partial charge is 0.358 e. The van der Waals surface area contributed by atoms with Crippen molar-refractivity contribution in [2.24, 2.45) is 80.8 Å². The van der Waals surface area contributed by atoms with Crippen LogP contribution in [0.5, 0.6) is 0 Å². The van der Waals surface area contributed by atoms with Gasteiger partial charge in [0.15, 0.2) is 23.0 Å². The molecule has 0 aromatic carbocycles. The maximum absolute atomic E-state index is 13.6. The summed E-state index contributed by atoms with van der Waals surface area (Å²) in [6, 6.07) is 0. The molecule has 2 aliphatic heterocycles. The van der Waals surface area contributed by atoms with Crippen LogP contribution >= 0.6 is 12.4 Å². The minimum absolute atomic E-state index is 0. The topological polar surface area (TPSA) is 206 Å².